The molecule has 0 heterocycles. The third-order valence-corrected chi connectivity index (χ3v) is 5.19. The molecule has 0 radical (unpaired) electrons. The number of halogens is 2. The Balaban J connectivity index is 0.000000303. The average Bonchev–Trinajstić information content (AvgIpc) is 2.80. The Morgan fingerprint density at radius 3 is 2.10 bits per heavy atom. The first-order valence-corrected chi connectivity index (χ1v) is 10.8. The molecule has 9 nitrogen and oxygen atoms in total. The number of alkyl halides is 2. The zero-order valence-electron chi connectivity index (χ0n) is 16.2. The van der Waals surface area contributed by atoms with Gasteiger partial charge in [0.15, 0.2) is 0 Å². The molecule has 2 rings (SSSR count). The molecule has 30 heavy (non-hydrogen) atoms. The van der Waals surface area contributed by atoms with E-state index >= 15 is 0 Å². The summed E-state index contributed by atoms with van der Waals surface area (Å²) in [4.78, 5) is 16.6. The number of benzene rings is 2. The number of aliphatic hydroxyl groups excluding tert-OH is 1. The molecule has 0 amide bonds. The molecule has 2 aromatic rings. The van der Waals surface area contributed by atoms with E-state index in [0.717, 1.165) is 32.9 Å². The van der Waals surface area contributed by atoms with E-state index in [1.807, 2.05) is 12.1 Å². The number of aliphatic hydroxyl groups is 1. The van der Waals surface area contributed by atoms with Gasteiger partial charge in [0.2, 0.25) is 0 Å². The number of carbonyl (C=O) groups is 1. The van der Waals surface area contributed by atoms with Crippen LogP contribution in [0, 0.1) is 0 Å². The molecule has 0 aliphatic rings. The van der Waals surface area contributed by atoms with Gasteiger partial charge in [-0.25, -0.2) is 4.79 Å². The Bertz CT molecular complexity index is 957. The predicted octanol–water partition coefficient (Wildman–Crippen LogP) is 6.06. The van der Waals surface area contributed by atoms with Gasteiger partial charge in [-0.15, -0.1) is 0 Å². The fourth-order valence-electron chi connectivity index (χ4n) is 2.42. The van der Waals surface area contributed by atoms with E-state index in [-0.39, 0.29) is 25.7 Å². The van der Waals surface area contributed by atoms with Crippen molar-refractivity contribution in [1.29, 1.82) is 0 Å². The number of hydrogen-bond acceptors (Lipinski definition) is 5. The Labute approximate surface area is 190 Å². The number of methoxy groups -OCH3 is 1. The zero-order chi connectivity index (χ0) is 22.4. The van der Waals surface area contributed by atoms with Crippen LogP contribution >= 0.6 is 31.9 Å². The Hall–Kier alpha value is -2.55. The smallest absolute Gasteiger partial charge is 0.337 e. The van der Waals surface area contributed by atoms with Gasteiger partial charge in [-0.1, -0.05) is 66.4 Å². The number of ether oxygens (including phenoxy) is 1. The van der Waals surface area contributed by atoms with E-state index in [9.17, 15) is 4.79 Å². The van der Waals surface area contributed by atoms with Crippen molar-refractivity contribution in [1.82, 2.24) is 0 Å². The summed E-state index contributed by atoms with van der Waals surface area (Å²) in [5.74, 6) is -0.298. The van der Waals surface area contributed by atoms with E-state index in [1.54, 1.807) is 24.3 Å². The molecular formula is C19H20Br2N6O3. The van der Waals surface area contributed by atoms with Crippen molar-refractivity contribution in [2.75, 3.05) is 7.11 Å². The maximum Gasteiger partial charge on any atom is 0.337 e. The molecule has 0 bridgehead atoms. The third kappa shape index (κ3) is 8.06. The first-order chi connectivity index (χ1) is 14.5. The van der Waals surface area contributed by atoms with Crippen molar-refractivity contribution in [2.24, 2.45) is 10.2 Å². The molecule has 0 saturated heterocycles. The molecule has 0 unspecified atom stereocenters. The molecule has 1 N–H and O–H groups in total. The summed E-state index contributed by atoms with van der Waals surface area (Å²) < 4.78 is 4.64. The number of esters is 1. The standard InChI is InChI=1S/C10H10Br2O2.C9H10N6O/c1-14-10(13)7-2-3-8(5-11)9(4-7)6-12;10-14-12-4-8-2-1-7(6-16)3-9(8)5-13-15-11/h2-4H,5-6H2,1H3;1-3,16H,4-6H2. The van der Waals surface area contributed by atoms with Gasteiger partial charge in [0.1, 0.15) is 0 Å². The van der Waals surface area contributed by atoms with Crippen LogP contribution in [-0.4, -0.2) is 18.2 Å². The summed E-state index contributed by atoms with van der Waals surface area (Å²) in [7, 11) is 1.38. The molecular weight excluding hydrogens is 520 g/mol. The molecule has 158 valence electrons. The molecule has 0 atom stereocenters. The molecule has 11 heteroatoms. The first-order valence-electron chi connectivity index (χ1n) is 8.59. The van der Waals surface area contributed by atoms with Gasteiger partial charge in [0.05, 0.1) is 32.4 Å². The van der Waals surface area contributed by atoms with Crippen molar-refractivity contribution in [3.63, 3.8) is 0 Å². The monoisotopic (exact) mass is 538 g/mol. The summed E-state index contributed by atoms with van der Waals surface area (Å²) in [6.07, 6.45) is 0. The highest BCUT2D eigenvalue weighted by atomic mass is 79.9. The second-order valence-corrected chi connectivity index (χ2v) is 6.90. The van der Waals surface area contributed by atoms with Crippen molar-refractivity contribution < 1.29 is 14.6 Å². The minimum absolute atomic E-state index is 0.0783. The fourth-order valence-corrected chi connectivity index (χ4v) is 3.49. The van der Waals surface area contributed by atoms with Crippen LogP contribution in [0.5, 0.6) is 0 Å². The van der Waals surface area contributed by atoms with Crippen LogP contribution in [0.25, 0.3) is 20.9 Å². The lowest BCUT2D eigenvalue weighted by Gasteiger charge is -2.06. The predicted molar refractivity (Wildman–Crippen MR) is 121 cm³/mol. The zero-order valence-corrected chi connectivity index (χ0v) is 19.4. The SMILES string of the molecule is COC(=O)c1ccc(CBr)c(CBr)c1.[N-]=[N+]=NCc1ccc(CO)cc1CN=[N+]=[N-]. The van der Waals surface area contributed by atoms with Gasteiger partial charge in [0.25, 0.3) is 0 Å². The quantitative estimate of drug-likeness (QED) is 0.143. The second kappa shape index (κ2) is 14.4. The highest BCUT2D eigenvalue weighted by Gasteiger charge is 2.08. The minimum Gasteiger partial charge on any atom is -0.465 e. The van der Waals surface area contributed by atoms with Crippen molar-refractivity contribution >= 4 is 37.8 Å². The Kier molecular flexibility index (Phi) is 12.3. The van der Waals surface area contributed by atoms with Crippen LogP contribution in [0.15, 0.2) is 46.6 Å². The Morgan fingerprint density at radius 2 is 1.57 bits per heavy atom. The molecule has 0 aliphatic carbocycles. The van der Waals surface area contributed by atoms with E-state index in [4.69, 9.17) is 16.2 Å². The third-order valence-electron chi connectivity index (χ3n) is 3.98. The number of hydrogen-bond donors (Lipinski definition) is 1. The van der Waals surface area contributed by atoms with Crippen molar-refractivity contribution in [3.05, 3.63) is 90.7 Å². The first kappa shape index (κ1) is 25.5. The van der Waals surface area contributed by atoms with Gasteiger partial charge in [-0.3, -0.25) is 0 Å². The van der Waals surface area contributed by atoms with Crippen molar-refractivity contribution in [2.45, 2.75) is 30.4 Å². The van der Waals surface area contributed by atoms with Gasteiger partial charge in [-0.2, -0.15) is 0 Å². The van der Waals surface area contributed by atoms with Crippen LogP contribution in [0.2, 0.25) is 0 Å². The summed E-state index contributed by atoms with van der Waals surface area (Å²) in [5, 5.41) is 17.4. The summed E-state index contributed by atoms with van der Waals surface area (Å²) in [5.41, 5.74) is 21.6. The van der Waals surface area contributed by atoms with Crippen LogP contribution in [0.1, 0.15) is 38.2 Å². The lowest BCUT2D eigenvalue weighted by atomic mass is 10.0. The number of azide groups is 2. The Morgan fingerprint density at radius 1 is 0.967 bits per heavy atom. The van der Waals surface area contributed by atoms with E-state index in [0.29, 0.717) is 5.56 Å². The molecule has 0 fully saturated rings. The molecule has 0 saturated carbocycles. The average molecular weight is 540 g/mol. The highest BCUT2D eigenvalue weighted by molar-refractivity contribution is 9.09. The number of rotatable bonds is 8. The molecule has 2 aromatic carbocycles. The number of nitrogens with zero attached hydrogens (tertiary/aromatic N) is 6. The van der Waals surface area contributed by atoms with Gasteiger partial charge in [0, 0.05) is 20.5 Å². The number of carbonyl (C=O) groups excluding carboxylic acids is 1. The van der Waals surface area contributed by atoms with Crippen LogP contribution in [0.3, 0.4) is 0 Å². The van der Waals surface area contributed by atoms with Crippen LogP contribution < -0.4 is 0 Å². The summed E-state index contributed by atoms with van der Waals surface area (Å²) in [6, 6.07) is 10.8. The van der Waals surface area contributed by atoms with Gasteiger partial charge >= 0.3 is 5.97 Å². The topological polar surface area (TPSA) is 144 Å². The van der Waals surface area contributed by atoms with E-state index in [1.165, 1.54) is 12.7 Å². The highest BCUT2D eigenvalue weighted by Crippen LogP contribution is 2.18. The molecule has 0 spiro atoms. The summed E-state index contributed by atoms with van der Waals surface area (Å²) in [6.45, 7) is 0.310. The lowest BCUT2D eigenvalue weighted by Crippen LogP contribution is -2.02. The maximum absolute atomic E-state index is 11.2. The summed E-state index contributed by atoms with van der Waals surface area (Å²) >= 11 is 6.77. The normalized spacial score (nSPS) is 9.47. The lowest BCUT2D eigenvalue weighted by molar-refractivity contribution is 0.0600. The van der Waals surface area contributed by atoms with E-state index in [2.05, 4.69) is 56.6 Å². The van der Waals surface area contributed by atoms with Crippen molar-refractivity contribution in [3.8, 4) is 0 Å². The van der Waals surface area contributed by atoms with E-state index < -0.39 is 0 Å². The van der Waals surface area contributed by atoms with Crippen LogP contribution in [-0.2, 0) is 35.1 Å². The maximum atomic E-state index is 11.2. The largest absolute Gasteiger partial charge is 0.465 e. The van der Waals surface area contributed by atoms with Crippen LogP contribution in [0.4, 0.5) is 0 Å². The molecule has 0 aromatic heterocycles. The van der Waals surface area contributed by atoms with Gasteiger partial charge < -0.3 is 9.84 Å². The molecule has 0 aliphatic heterocycles. The van der Waals surface area contributed by atoms with Gasteiger partial charge in [-0.05, 0) is 51.0 Å². The fraction of sp³-hybridized carbons (Fsp3) is 0.316. The second-order valence-electron chi connectivity index (χ2n) is 5.78. The minimum atomic E-state index is -0.298.